The quantitative estimate of drug-likeness (QED) is 0.818. The van der Waals surface area contributed by atoms with Crippen molar-refractivity contribution in [2.75, 3.05) is 19.8 Å². The molecule has 2 rings (SSSR count). The summed E-state index contributed by atoms with van der Waals surface area (Å²) in [6, 6.07) is 3.90. The number of aryl methyl sites for hydroxylation is 1. The van der Waals surface area contributed by atoms with Crippen LogP contribution in [0.2, 0.25) is 0 Å². The van der Waals surface area contributed by atoms with Crippen molar-refractivity contribution in [2.45, 2.75) is 38.3 Å². The predicted octanol–water partition coefficient (Wildman–Crippen LogP) is 2.12. The van der Waals surface area contributed by atoms with Crippen LogP contribution in [-0.4, -0.2) is 41.9 Å². The summed E-state index contributed by atoms with van der Waals surface area (Å²) in [6.45, 7) is 2.93. The molecule has 1 fully saturated rings. The van der Waals surface area contributed by atoms with Crippen LogP contribution in [0.5, 0.6) is 0 Å². The van der Waals surface area contributed by atoms with Gasteiger partial charge in [-0.3, -0.25) is 0 Å². The van der Waals surface area contributed by atoms with Gasteiger partial charge in [0.15, 0.2) is 0 Å². The number of halogens is 1. The van der Waals surface area contributed by atoms with Crippen LogP contribution in [0.4, 0.5) is 9.18 Å². The van der Waals surface area contributed by atoms with E-state index in [0.29, 0.717) is 32.4 Å². The second-order valence-corrected chi connectivity index (χ2v) is 5.64. The van der Waals surface area contributed by atoms with Gasteiger partial charge in [0.05, 0.1) is 12.1 Å². The number of nitrogens with two attached hydrogens (primary N) is 1. The molecule has 5 nitrogen and oxygen atoms in total. The molecule has 1 aliphatic heterocycles. The minimum Gasteiger partial charge on any atom is -0.396 e. The molecule has 0 aliphatic carbocycles. The zero-order valence-electron chi connectivity index (χ0n) is 12.8. The van der Waals surface area contributed by atoms with Crippen LogP contribution in [0.15, 0.2) is 18.2 Å². The van der Waals surface area contributed by atoms with E-state index >= 15 is 0 Å². The van der Waals surface area contributed by atoms with Gasteiger partial charge in [0, 0.05) is 19.8 Å². The third-order valence-electron chi connectivity index (χ3n) is 4.08. The summed E-state index contributed by atoms with van der Waals surface area (Å²) in [5.41, 5.74) is 7.18. The van der Waals surface area contributed by atoms with Crippen LogP contribution in [0.1, 0.15) is 36.4 Å². The van der Waals surface area contributed by atoms with Crippen molar-refractivity contribution in [3.8, 4) is 0 Å². The maximum absolute atomic E-state index is 13.3. The molecule has 1 aliphatic rings. The van der Waals surface area contributed by atoms with E-state index in [1.807, 2.05) is 6.92 Å². The highest BCUT2D eigenvalue weighted by atomic mass is 19.1. The van der Waals surface area contributed by atoms with Gasteiger partial charge in [-0.2, -0.15) is 0 Å². The molecule has 0 saturated carbocycles. The average molecular weight is 310 g/mol. The SMILES string of the molecule is Cc1cc(F)ccc1C1CC(OCCCO)CCN1C(N)=O. The highest BCUT2D eigenvalue weighted by molar-refractivity contribution is 5.73. The summed E-state index contributed by atoms with van der Waals surface area (Å²) in [6.07, 6.45) is 1.94. The number of aliphatic hydroxyl groups excluding tert-OH is 1. The Hall–Kier alpha value is -1.66. The number of aliphatic hydroxyl groups is 1. The zero-order valence-corrected chi connectivity index (χ0v) is 12.8. The molecule has 1 aromatic rings. The van der Waals surface area contributed by atoms with Crippen LogP contribution in [-0.2, 0) is 4.74 Å². The van der Waals surface area contributed by atoms with Gasteiger partial charge in [0.2, 0.25) is 0 Å². The standard InChI is InChI=1S/C16H23FN2O3/c1-11-9-12(17)3-4-14(11)15-10-13(22-8-2-7-20)5-6-19(15)16(18)21/h3-4,9,13,15,20H,2,5-8,10H2,1H3,(H2,18,21). The Morgan fingerprint density at radius 1 is 1.55 bits per heavy atom. The van der Waals surface area contributed by atoms with Gasteiger partial charge in [-0.25, -0.2) is 9.18 Å². The van der Waals surface area contributed by atoms with Crippen molar-refractivity contribution >= 4 is 6.03 Å². The molecule has 2 amide bonds. The Morgan fingerprint density at radius 2 is 2.32 bits per heavy atom. The first-order valence-electron chi connectivity index (χ1n) is 7.57. The van der Waals surface area contributed by atoms with Crippen LogP contribution < -0.4 is 5.73 Å². The topological polar surface area (TPSA) is 75.8 Å². The molecular weight excluding hydrogens is 287 g/mol. The Kier molecular flexibility index (Phi) is 5.74. The second kappa shape index (κ2) is 7.56. The molecule has 22 heavy (non-hydrogen) atoms. The molecule has 122 valence electrons. The molecule has 1 aromatic carbocycles. The molecule has 2 atom stereocenters. The molecule has 0 bridgehead atoms. The summed E-state index contributed by atoms with van der Waals surface area (Å²) in [4.78, 5) is 13.3. The normalized spacial score (nSPS) is 21.9. The van der Waals surface area contributed by atoms with Gasteiger partial charge in [-0.1, -0.05) is 6.07 Å². The molecule has 3 N–H and O–H groups in total. The van der Waals surface area contributed by atoms with Gasteiger partial charge in [-0.15, -0.1) is 0 Å². The van der Waals surface area contributed by atoms with Crippen LogP contribution in [0.3, 0.4) is 0 Å². The van der Waals surface area contributed by atoms with E-state index in [1.54, 1.807) is 11.0 Å². The van der Waals surface area contributed by atoms with Crippen molar-refractivity contribution < 1.29 is 19.0 Å². The summed E-state index contributed by atoms with van der Waals surface area (Å²) >= 11 is 0. The van der Waals surface area contributed by atoms with Crippen molar-refractivity contribution in [3.05, 3.63) is 35.1 Å². The number of primary amides is 1. The smallest absolute Gasteiger partial charge is 0.315 e. The van der Waals surface area contributed by atoms with E-state index in [2.05, 4.69) is 0 Å². The summed E-state index contributed by atoms with van der Waals surface area (Å²) in [7, 11) is 0. The van der Waals surface area contributed by atoms with E-state index in [4.69, 9.17) is 15.6 Å². The monoisotopic (exact) mass is 310 g/mol. The number of rotatable bonds is 5. The van der Waals surface area contributed by atoms with Gasteiger partial charge in [0.1, 0.15) is 5.82 Å². The number of urea groups is 1. The number of hydrogen-bond acceptors (Lipinski definition) is 3. The predicted molar refractivity (Wildman–Crippen MR) is 80.8 cm³/mol. The van der Waals surface area contributed by atoms with Crippen LogP contribution in [0.25, 0.3) is 0 Å². The van der Waals surface area contributed by atoms with Gasteiger partial charge in [0.25, 0.3) is 0 Å². The fourth-order valence-electron chi connectivity index (χ4n) is 2.97. The lowest BCUT2D eigenvalue weighted by Crippen LogP contribution is -2.46. The third kappa shape index (κ3) is 3.96. The summed E-state index contributed by atoms with van der Waals surface area (Å²) in [5, 5.41) is 8.82. The second-order valence-electron chi connectivity index (χ2n) is 5.64. The molecular formula is C16H23FN2O3. The maximum Gasteiger partial charge on any atom is 0.315 e. The van der Waals surface area contributed by atoms with Gasteiger partial charge >= 0.3 is 6.03 Å². The van der Waals surface area contributed by atoms with Crippen LogP contribution in [0, 0.1) is 12.7 Å². The van der Waals surface area contributed by atoms with Crippen molar-refractivity contribution in [3.63, 3.8) is 0 Å². The number of likely N-dealkylation sites (tertiary alicyclic amines) is 1. The van der Waals surface area contributed by atoms with Gasteiger partial charge in [-0.05, 0) is 49.4 Å². The van der Waals surface area contributed by atoms with Gasteiger partial charge < -0.3 is 20.5 Å². The van der Waals surface area contributed by atoms with E-state index in [9.17, 15) is 9.18 Å². The first-order chi connectivity index (χ1) is 10.5. The number of hydrogen-bond donors (Lipinski definition) is 2. The Morgan fingerprint density at radius 3 is 2.95 bits per heavy atom. The molecule has 0 radical (unpaired) electrons. The average Bonchev–Trinajstić information content (AvgIpc) is 2.47. The van der Waals surface area contributed by atoms with Crippen molar-refractivity contribution in [1.29, 1.82) is 0 Å². The Bertz CT molecular complexity index is 524. The molecule has 0 aromatic heterocycles. The van der Waals surface area contributed by atoms with Crippen molar-refractivity contribution in [2.24, 2.45) is 5.73 Å². The number of piperidine rings is 1. The largest absolute Gasteiger partial charge is 0.396 e. The minimum atomic E-state index is -0.470. The van der Waals surface area contributed by atoms with Crippen molar-refractivity contribution in [1.82, 2.24) is 4.90 Å². The Labute approximate surface area is 129 Å². The summed E-state index contributed by atoms with van der Waals surface area (Å²) < 4.78 is 19.1. The first-order valence-corrected chi connectivity index (χ1v) is 7.57. The first kappa shape index (κ1) is 16.7. The molecule has 0 spiro atoms. The lowest BCUT2D eigenvalue weighted by molar-refractivity contribution is -0.00866. The highest BCUT2D eigenvalue weighted by Crippen LogP contribution is 2.34. The number of carbonyl (C=O) groups excluding carboxylic acids is 1. The molecule has 2 unspecified atom stereocenters. The fraction of sp³-hybridized carbons (Fsp3) is 0.562. The number of ether oxygens (including phenoxy) is 1. The molecule has 1 saturated heterocycles. The number of carbonyl (C=O) groups is 1. The lowest BCUT2D eigenvalue weighted by Gasteiger charge is -2.39. The van der Waals surface area contributed by atoms with E-state index in [-0.39, 0.29) is 24.6 Å². The number of nitrogens with zero attached hydrogens (tertiary/aromatic N) is 1. The summed E-state index contributed by atoms with van der Waals surface area (Å²) in [5.74, 6) is -0.293. The zero-order chi connectivity index (χ0) is 16.1. The van der Waals surface area contributed by atoms with E-state index in [0.717, 1.165) is 11.1 Å². The lowest BCUT2D eigenvalue weighted by atomic mass is 9.91. The molecule has 6 heteroatoms. The molecule has 1 heterocycles. The number of amides is 2. The van der Waals surface area contributed by atoms with E-state index in [1.165, 1.54) is 12.1 Å². The number of benzene rings is 1. The minimum absolute atomic E-state index is 0.0107. The van der Waals surface area contributed by atoms with Crippen LogP contribution >= 0.6 is 0 Å². The third-order valence-corrected chi connectivity index (χ3v) is 4.08. The maximum atomic E-state index is 13.3. The Balaban J connectivity index is 2.16. The van der Waals surface area contributed by atoms with E-state index < -0.39 is 6.03 Å². The fourth-order valence-corrected chi connectivity index (χ4v) is 2.97. The highest BCUT2D eigenvalue weighted by Gasteiger charge is 2.32.